The molecule has 2 aromatic heterocycles. The van der Waals surface area contributed by atoms with Crippen molar-refractivity contribution in [1.82, 2.24) is 10.3 Å². The Labute approximate surface area is 94.0 Å². The number of rotatable bonds is 5. The van der Waals surface area contributed by atoms with E-state index in [1.807, 2.05) is 6.07 Å². The van der Waals surface area contributed by atoms with Crippen LogP contribution in [0, 0.1) is 0 Å². The number of nitrogens with one attached hydrogen (secondary N) is 2. The van der Waals surface area contributed by atoms with Crippen LogP contribution in [0.1, 0.15) is 36.7 Å². The molecule has 4 heteroatoms. The van der Waals surface area contributed by atoms with Crippen LogP contribution in [0.2, 0.25) is 0 Å². The summed E-state index contributed by atoms with van der Waals surface area (Å²) < 4.78 is 5.18. The molecule has 2 aromatic rings. The molecule has 0 radical (unpaired) electrons. The van der Waals surface area contributed by atoms with Gasteiger partial charge in [0, 0.05) is 18.7 Å². The molecule has 16 heavy (non-hydrogen) atoms. The monoisotopic (exact) mass is 220 g/mol. The van der Waals surface area contributed by atoms with Crippen LogP contribution in [0.25, 0.3) is 11.1 Å². The van der Waals surface area contributed by atoms with Gasteiger partial charge >= 0.3 is 0 Å². The molecule has 0 saturated carbocycles. The Morgan fingerprint density at radius 2 is 2.38 bits per heavy atom. The zero-order chi connectivity index (χ0) is 11.4. The lowest BCUT2D eigenvalue weighted by Crippen LogP contribution is -2.24. The zero-order valence-electron chi connectivity index (χ0n) is 9.38. The highest BCUT2D eigenvalue weighted by molar-refractivity contribution is 5.96. The summed E-state index contributed by atoms with van der Waals surface area (Å²) in [5.41, 5.74) is 2.14. The highest BCUT2D eigenvalue weighted by Crippen LogP contribution is 2.15. The summed E-state index contributed by atoms with van der Waals surface area (Å²) in [6.07, 6.45) is 4.93. The number of H-pyrrole nitrogens is 1. The highest BCUT2D eigenvalue weighted by Gasteiger charge is 2.09. The smallest absolute Gasteiger partial charge is 0.267 e. The summed E-state index contributed by atoms with van der Waals surface area (Å²) in [6, 6.07) is 3.54. The van der Waals surface area contributed by atoms with Gasteiger partial charge in [-0.2, -0.15) is 0 Å². The molecule has 0 unspecified atom stereocenters. The van der Waals surface area contributed by atoms with Crippen LogP contribution in [0.4, 0.5) is 0 Å². The van der Waals surface area contributed by atoms with Crippen LogP contribution in [-0.4, -0.2) is 17.4 Å². The van der Waals surface area contributed by atoms with E-state index in [1.165, 1.54) is 0 Å². The van der Waals surface area contributed by atoms with Crippen LogP contribution in [-0.2, 0) is 0 Å². The van der Waals surface area contributed by atoms with E-state index < -0.39 is 0 Å². The molecule has 0 aliphatic carbocycles. The Bertz CT molecular complexity index is 442. The summed E-state index contributed by atoms with van der Waals surface area (Å²) >= 11 is 0. The molecular formula is C12H16N2O2. The average Bonchev–Trinajstić information content (AvgIpc) is 2.83. The molecule has 0 aromatic carbocycles. The summed E-state index contributed by atoms with van der Waals surface area (Å²) in [5.74, 6) is -0.0671. The number of furan rings is 1. The number of aromatic amines is 1. The van der Waals surface area contributed by atoms with Gasteiger partial charge in [-0.15, -0.1) is 0 Å². The second-order valence-corrected chi connectivity index (χ2v) is 3.84. The molecular weight excluding hydrogens is 204 g/mol. The fraction of sp³-hybridized carbons (Fsp3) is 0.417. The van der Waals surface area contributed by atoms with Gasteiger partial charge in [0.1, 0.15) is 5.69 Å². The van der Waals surface area contributed by atoms with Crippen molar-refractivity contribution in [2.45, 2.75) is 26.2 Å². The van der Waals surface area contributed by atoms with E-state index >= 15 is 0 Å². The number of fused-ring (bicyclic) bond motifs is 1. The van der Waals surface area contributed by atoms with E-state index in [4.69, 9.17) is 4.42 Å². The third kappa shape index (κ3) is 2.27. The fourth-order valence-electron chi connectivity index (χ4n) is 1.64. The van der Waals surface area contributed by atoms with E-state index in [-0.39, 0.29) is 5.91 Å². The highest BCUT2D eigenvalue weighted by atomic mass is 16.3. The average molecular weight is 220 g/mol. The second kappa shape index (κ2) is 4.88. The molecule has 0 atom stereocenters. The standard InChI is InChI=1S/C12H16N2O2/c1-2-3-4-6-13-12(15)10-8-11-9(14-10)5-7-16-11/h5,7-8,14H,2-4,6H2,1H3,(H,13,15). The number of unbranched alkanes of at least 4 members (excludes halogenated alkanes) is 2. The SMILES string of the molecule is CCCCCNC(=O)c1cc2occc2[nH]1. The lowest BCUT2D eigenvalue weighted by Gasteiger charge is -2.02. The summed E-state index contributed by atoms with van der Waals surface area (Å²) in [7, 11) is 0. The number of amides is 1. The molecule has 0 aliphatic rings. The van der Waals surface area contributed by atoms with Crippen molar-refractivity contribution >= 4 is 17.0 Å². The maximum atomic E-state index is 11.7. The quantitative estimate of drug-likeness (QED) is 0.761. The van der Waals surface area contributed by atoms with Gasteiger partial charge in [0.15, 0.2) is 5.58 Å². The van der Waals surface area contributed by atoms with Crippen molar-refractivity contribution in [2.75, 3.05) is 6.54 Å². The van der Waals surface area contributed by atoms with Crippen LogP contribution in [0.3, 0.4) is 0 Å². The molecule has 0 fully saturated rings. The molecule has 2 heterocycles. The molecule has 0 aliphatic heterocycles. The molecule has 4 nitrogen and oxygen atoms in total. The predicted molar refractivity (Wildman–Crippen MR) is 62.4 cm³/mol. The first kappa shape index (κ1) is 10.8. The fourth-order valence-corrected chi connectivity index (χ4v) is 1.64. The summed E-state index contributed by atoms with van der Waals surface area (Å²) in [4.78, 5) is 14.7. The Balaban J connectivity index is 1.92. The maximum absolute atomic E-state index is 11.7. The van der Waals surface area contributed by atoms with Gasteiger partial charge in [-0.3, -0.25) is 4.79 Å². The van der Waals surface area contributed by atoms with Gasteiger partial charge in [0.25, 0.3) is 5.91 Å². The van der Waals surface area contributed by atoms with E-state index in [0.717, 1.165) is 36.9 Å². The number of carbonyl (C=O) groups excluding carboxylic acids is 1. The van der Waals surface area contributed by atoms with Gasteiger partial charge in [-0.05, 0) is 6.42 Å². The van der Waals surface area contributed by atoms with E-state index in [1.54, 1.807) is 12.3 Å². The number of carbonyl (C=O) groups is 1. The summed E-state index contributed by atoms with van der Waals surface area (Å²) in [5, 5.41) is 2.87. The second-order valence-electron chi connectivity index (χ2n) is 3.84. The van der Waals surface area contributed by atoms with Crippen molar-refractivity contribution in [3.8, 4) is 0 Å². The Morgan fingerprint density at radius 3 is 3.12 bits per heavy atom. The molecule has 2 N–H and O–H groups in total. The van der Waals surface area contributed by atoms with Gasteiger partial charge in [0.05, 0.1) is 11.8 Å². The van der Waals surface area contributed by atoms with Gasteiger partial charge in [-0.1, -0.05) is 19.8 Å². The van der Waals surface area contributed by atoms with Gasteiger partial charge in [-0.25, -0.2) is 0 Å². The minimum Gasteiger partial charge on any atom is -0.463 e. The predicted octanol–water partition coefficient (Wildman–Crippen LogP) is 2.68. The Hall–Kier alpha value is -1.71. The third-order valence-corrected chi connectivity index (χ3v) is 2.55. The van der Waals surface area contributed by atoms with Crippen LogP contribution < -0.4 is 5.32 Å². The van der Waals surface area contributed by atoms with Crippen LogP contribution in [0.5, 0.6) is 0 Å². The van der Waals surface area contributed by atoms with Crippen molar-refractivity contribution in [3.63, 3.8) is 0 Å². The number of aromatic nitrogens is 1. The molecule has 0 bridgehead atoms. The van der Waals surface area contributed by atoms with E-state index in [2.05, 4.69) is 17.2 Å². The van der Waals surface area contributed by atoms with Gasteiger partial charge < -0.3 is 14.7 Å². The van der Waals surface area contributed by atoms with Crippen molar-refractivity contribution in [1.29, 1.82) is 0 Å². The minimum atomic E-state index is -0.0671. The van der Waals surface area contributed by atoms with Crippen molar-refractivity contribution in [2.24, 2.45) is 0 Å². The largest absolute Gasteiger partial charge is 0.463 e. The third-order valence-electron chi connectivity index (χ3n) is 2.55. The molecule has 1 amide bonds. The number of hydrogen-bond acceptors (Lipinski definition) is 2. The van der Waals surface area contributed by atoms with E-state index in [9.17, 15) is 4.79 Å². The lowest BCUT2D eigenvalue weighted by molar-refractivity contribution is 0.0948. The Morgan fingerprint density at radius 1 is 1.50 bits per heavy atom. The van der Waals surface area contributed by atoms with Crippen molar-refractivity contribution in [3.05, 3.63) is 24.1 Å². The zero-order valence-corrected chi connectivity index (χ0v) is 9.38. The summed E-state index contributed by atoms with van der Waals surface area (Å²) in [6.45, 7) is 2.87. The first-order valence-electron chi connectivity index (χ1n) is 5.65. The molecule has 86 valence electrons. The minimum absolute atomic E-state index is 0.0671. The first-order chi connectivity index (χ1) is 7.81. The van der Waals surface area contributed by atoms with Gasteiger partial charge in [0.2, 0.25) is 0 Å². The lowest BCUT2D eigenvalue weighted by atomic mass is 10.2. The maximum Gasteiger partial charge on any atom is 0.267 e. The Kier molecular flexibility index (Phi) is 3.29. The molecule has 0 saturated heterocycles. The normalized spacial score (nSPS) is 10.8. The first-order valence-corrected chi connectivity index (χ1v) is 5.65. The molecule has 2 rings (SSSR count). The van der Waals surface area contributed by atoms with Crippen LogP contribution >= 0.6 is 0 Å². The molecule has 0 spiro atoms. The number of hydrogen-bond donors (Lipinski definition) is 2. The van der Waals surface area contributed by atoms with E-state index in [0.29, 0.717) is 5.69 Å². The van der Waals surface area contributed by atoms with Crippen molar-refractivity contribution < 1.29 is 9.21 Å². The van der Waals surface area contributed by atoms with Crippen LogP contribution in [0.15, 0.2) is 22.8 Å². The topological polar surface area (TPSA) is 58.0 Å².